The van der Waals surface area contributed by atoms with Crippen molar-refractivity contribution in [1.29, 1.82) is 0 Å². The van der Waals surface area contributed by atoms with Crippen molar-refractivity contribution >= 4 is 16.6 Å². The Balaban J connectivity index is 2.17. The van der Waals surface area contributed by atoms with Gasteiger partial charge in [-0.15, -0.1) is 6.58 Å². The van der Waals surface area contributed by atoms with Crippen LogP contribution in [0.25, 0.3) is 10.9 Å². The first kappa shape index (κ1) is 18.1. The molecule has 0 amide bonds. The average molecular weight is 326 g/mol. The van der Waals surface area contributed by atoms with Crippen LogP contribution in [0.5, 0.6) is 5.75 Å². The fourth-order valence-electron chi connectivity index (χ4n) is 2.61. The van der Waals surface area contributed by atoms with Crippen molar-refractivity contribution in [1.82, 2.24) is 4.98 Å². The summed E-state index contributed by atoms with van der Waals surface area (Å²) in [5.74, 6) is 1.25. The molecule has 1 heterocycles. The van der Waals surface area contributed by atoms with E-state index in [1.807, 2.05) is 37.3 Å². The van der Waals surface area contributed by atoms with Gasteiger partial charge in [-0.2, -0.15) is 0 Å². The number of methoxy groups -OCH3 is 1. The molecule has 1 aromatic heterocycles. The Bertz CT molecular complexity index is 725. The van der Waals surface area contributed by atoms with Crippen LogP contribution in [0.1, 0.15) is 38.4 Å². The number of aliphatic hydroxyl groups is 1. The predicted molar refractivity (Wildman–Crippen MR) is 99.8 cm³/mol. The van der Waals surface area contributed by atoms with E-state index in [0.29, 0.717) is 12.5 Å². The highest BCUT2D eigenvalue weighted by atomic mass is 16.5. The van der Waals surface area contributed by atoms with E-state index in [-0.39, 0.29) is 0 Å². The minimum atomic E-state index is -0.737. The van der Waals surface area contributed by atoms with Crippen LogP contribution in [0.4, 0.5) is 0 Å². The first-order valence-corrected chi connectivity index (χ1v) is 8.31. The van der Waals surface area contributed by atoms with Gasteiger partial charge in [-0.1, -0.05) is 13.0 Å². The zero-order valence-corrected chi connectivity index (χ0v) is 14.7. The molecule has 2 aromatic rings. The van der Waals surface area contributed by atoms with E-state index in [1.165, 1.54) is 0 Å². The molecule has 0 aliphatic rings. The molecule has 0 aliphatic heterocycles. The number of benzene rings is 1. The summed E-state index contributed by atoms with van der Waals surface area (Å²) in [6, 6.07) is 7.51. The van der Waals surface area contributed by atoms with Crippen molar-refractivity contribution in [2.24, 2.45) is 10.9 Å². The molecule has 4 heteroatoms. The molecule has 0 aliphatic carbocycles. The Morgan fingerprint density at radius 2 is 2.21 bits per heavy atom. The summed E-state index contributed by atoms with van der Waals surface area (Å²) in [5, 5.41) is 11.6. The highest BCUT2D eigenvalue weighted by Gasteiger charge is 2.15. The summed E-state index contributed by atoms with van der Waals surface area (Å²) in [4.78, 5) is 8.88. The molecule has 0 unspecified atom stereocenters. The topological polar surface area (TPSA) is 54.7 Å². The molecule has 24 heavy (non-hydrogen) atoms. The van der Waals surface area contributed by atoms with Crippen LogP contribution in [0, 0.1) is 5.92 Å². The van der Waals surface area contributed by atoms with Crippen molar-refractivity contribution in [2.75, 3.05) is 13.7 Å². The van der Waals surface area contributed by atoms with Crippen LogP contribution in [0.3, 0.4) is 0 Å². The third-order valence-electron chi connectivity index (χ3n) is 4.25. The molecule has 1 N–H and O–H groups in total. The molecular weight excluding hydrogens is 300 g/mol. The third-order valence-corrected chi connectivity index (χ3v) is 4.25. The summed E-state index contributed by atoms with van der Waals surface area (Å²) in [6.45, 7) is 8.53. The number of pyridine rings is 1. The molecule has 1 aromatic carbocycles. The summed E-state index contributed by atoms with van der Waals surface area (Å²) >= 11 is 0. The smallest absolute Gasteiger partial charge is 0.119 e. The SMILES string of the molecule is C=C[C@H](C)CCCN=C(C)[C@@H](O)c1ccnc2ccc(OC)cc12. The number of allylic oxidation sites excluding steroid dienone is 1. The molecule has 0 saturated heterocycles. The monoisotopic (exact) mass is 326 g/mol. The number of hydrogen-bond donors (Lipinski definition) is 1. The van der Waals surface area contributed by atoms with Gasteiger partial charge in [-0.3, -0.25) is 9.98 Å². The van der Waals surface area contributed by atoms with E-state index in [0.717, 1.165) is 40.8 Å². The molecule has 0 bridgehead atoms. The van der Waals surface area contributed by atoms with Crippen molar-refractivity contribution in [3.05, 3.63) is 48.7 Å². The van der Waals surface area contributed by atoms with Gasteiger partial charge >= 0.3 is 0 Å². The maximum Gasteiger partial charge on any atom is 0.119 e. The fraction of sp³-hybridized carbons (Fsp3) is 0.400. The second-order valence-electron chi connectivity index (χ2n) is 6.06. The van der Waals surface area contributed by atoms with Crippen LogP contribution in [0.15, 0.2) is 48.1 Å². The van der Waals surface area contributed by atoms with E-state index in [2.05, 4.69) is 23.5 Å². The zero-order chi connectivity index (χ0) is 17.5. The number of aromatic nitrogens is 1. The maximum atomic E-state index is 10.7. The molecule has 128 valence electrons. The van der Waals surface area contributed by atoms with E-state index in [1.54, 1.807) is 13.3 Å². The second kappa shape index (κ2) is 8.60. The minimum absolute atomic E-state index is 0.502. The van der Waals surface area contributed by atoms with Crippen LogP contribution in [-0.4, -0.2) is 29.5 Å². The summed E-state index contributed by atoms with van der Waals surface area (Å²) in [6.07, 6.45) is 4.99. The highest BCUT2D eigenvalue weighted by Crippen LogP contribution is 2.27. The van der Waals surface area contributed by atoms with Gasteiger partial charge in [-0.25, -0.2) is 0 Å². The number of rotatable bonds is 8. The van der Waals surface area contributed by atoms with E-state index < -0.39 is 6.10 Å². The Morgan fingerprint density at radius 3 is 2.92 bits per heavy atom. The Kier molecular flexibility index (Phi) is 6.50. The zero-order valence-electron chi connectivity index (χ0n) is 14.7. The lowest BCUT2D eigenvalue weighted by atomic mass is 10.0. The number of hydrogen-bond acceptors (Lipinski definition) is 4. The van der Waals surface area contributed by atoms with Gasteiger partial charge in [0.2, 0.25) is 0 Å². The second-order valence-corrected chi connectivity index (χ2v) is 6.06. The first-order valence-electron chi connectivity index (χ1n) is 8.31. The molecule has 0 fully saturated rings. The van der Waals surface area contributed by atoms with Crippen LogP contribution in [0.2, 0.25) is 0 Å². The van der Waals surface area contributed by atoms with Gasteiger partial charge in [0, 0.05) is 23.8 Å². The Hall–Kier alpha value is -2.20. The van der Waals surface area contributed by atoms with Crippen LogP contribution < -0.4 is 4.74 Å². The lowest BCUT2D eigenvalue weighted by molar-refractivity contribution is 0.248. The molecule has 2 rings (SSSR count). The molecule has 0 spiro atoms. The number of nitrogens with zero attached hydrogens (tertiary/aromatic N) is 2. The minimum Gasteiger partial charge on any atom is -0.497 e. The van der Waals surface area contributed by atoms with Crippen LogP contribution >= 0.6 is 0 Å². The molecule has 0 saturated carbocycles. The van der Waals surface area contributed by atoms with Crippen LogP contribution in [-0.2, 0) is 0 Å². The summed E-state index contributed by atoms with van der Waals surface area (Å²) in [7, 11) is 1.63. The van der Waals surface area contributed by atoms with E-state index in [4.69, 9.17) is 4.74 Å². The van der Waals surface area contributed by atoms with Crippen molar-refractivity contribution < 1.29 is 9.84 Å². The maximum absolute atomic E-state index is 10.7. The van der Waals surface area contributed by atoms with Crippen molar-refractivity contribution in [3.8, 4) is 5.75 Å². The normalized spacial score (nSPS) is 14.4. The number of aliphatic imine (C=N–C) groups is 1. The van der Waals surface area contributed by atoms with Crippen molar-refractivity contribution in [3.63, 3.8) is 0 Å². The number of ether oxygens (including phenoxy) is 1. The van der Waals surface area contributed by atoms with Gasteiger partial charge in [0.25, 0.3) is 0 Å². The van der Waals surface area contributed by atoms with E-state index >= 15 is 0 Å². The highest BCUT2D eigenvalue weighted by molar-refractivity contribution is 5.93. The number of fused-ring (bicyclic) bond motifs is 1. The lowest BCUT2D eigenvalue weighted by Crippen LogP contribution is -2.10. The molecule has 2 atom stereocenters. The largest absolute Gasteiger partial charge is 0.497 e. The van der Waals surface area contributed by atoms with Gasteiger partial charge in [0.15, 0.2) is 0 Å². The Labute approximate surface area is 143 Å². The molecular formula is C20H26N2O2. The fourth-order valence-corrected chi connectivity index (χ4v) is 2.61. The predicted octanol–water partition coefficient (Wildman–Crippen LogP) is 4.34. The Morgan fingerprint density at radius 1 is 1.42 bits per heavy atom. The standard InChI is InChI=1S/C20H26N2O2/c1-5-14(2)7-6-11-21-15(3)20(23)17-10-12-22-19-9-8-16(24-4)13-18(17)19/h5,8-10,12-14,20,23H,1,6-7,11H2,2-4H3/t14-,20+/m0/s1. The summed E-state index contributed by atoms with van der Waals surface area (Å²) < 4.78 is 5.28. The van der Waals surface area contributed by atoms with Gasteiger partial charge < -0.3 is 9.84 Å². The van der Waals surface area contributed by atoms with Crippen molar-refractivity contribution in [2.45, 2.75) is 32.8 Å². The van der Waals surface area contributed by atoms with Gasteiger partial charge in [0.1, 0.15) is 11.9 Å². The molecule has 0 radical (unpaired) electrons. The molecule has 4 nitrogen and oxygen atoms in total. The van der Waals surface area contributed by atoms with Gasteiger partial charge in [-0.05, 0) is 55.5 Å². The average Bonchev–Trinajstić information content (AvgIpc) is 2.63. The third kappa shape index (κ3) is 4.42. The lowest BCUT2D eigenvalue weighted by Gasteiger charge is -2.14. The van der Waals surface area contributed by atoms with Gasteiger partial charge in [0.05, 0.1) is 12.6 Å². The van der Waals surface area contributed by atoms with E-state index in [9.17, 15) is 5.11 Å². The number of aliphatic hydroxyl groups excluding tert-OH is 1. The quantitative estimate of drug-likeness (QED) is 0.446. The summed E-state index contributed by atoms with van der Waals surface area (Å²) in [5.41, 5.74) is 2.36. The first-order chi connectivity index (χ1) is 11.6.